The normalized spacial score (nSPS) is 25.9. The molecule has 0 aliphatic carbocycles. The molecule has 0 radical (unpaired) electrons. The molecule has 0 bridgehead atoms. The van der Waals surface area contributed by atoms with E-state index < -0.39 is 0 Å². The molecule has 1 aromatic rings. The largest absolute Gasteiger partial charge is 0.374 e. The number of carbonyl (C=O) groups is 2. The Kier molecular flexibility index (Phi) is 4.12. The molecule has 120 valence electrons. The molecule has 0 saturated carbocycles. The van der Waals surface area contributed by atoms with E-state index in [4.69, 9.17) is 4.74 Å². The average Bonchev–Trinajstić information content (AvgIpc) is 3.01. The Bertz CT molecular complexity index is 573. The first-order valence-electron chi connectivity index (χ1n) is 7.42. The van der Waals surface area contributed by atoms with Gasteiger partial charge in [-0.2, -0.15) is 5.10 Å². The lowest BCUT2D eigenvalue weighted by Crippen LogP contribution is -2.43. The minimum Gasteiger partial charge on any atom is -0.374 e. The van der Waals surface area contributed by atoms with Crippen LogP contribution in [0.4, 0.5) is 5.82 Å². The first-order chi connectivity index (χ1) is 10.5. The fraction of sp³-hybridized carbons (Fsp3) is 0.643. The summed E-state index contributed by atoms with van der Waals surface area (Å²) in [6.45, 7) is 2.05. The molecule has 8 heteroatoms. The van der Waals surface area contributed by atoms with E-state index in [9.17, 15) is 9.59 Å². The van der Waals surface area contributed by atoms with Gasteiger partial charge in [-0.25, -0.2) is 0 Å². The highest BCUT2D eigenvalue weighted by molar-refractivity contribution is 5.91. The minimum atomic E-state index is -0.107. The molecule has 0 spiro atoms. The van der Waals surface area contributed by atoms with Crippen LogP contribution in [0, 0.1) is 0 Å². The maximum Gasteiger partial charge on any atom is 0.239 e. The second-order valence-electron chi connectivity index (χ2n) is 5.85. The molecular weight excluding hydrogens is 286 g/mol. The van der Waals surface area contributed by atoms with Crippen LogP contribution in [0.1, 0.15) is 6.42 Å². The van der Waals surface area contributed by atoms with Crippen molar-refractivity contribution < 1.29 is 14.3 Å². The van der Waals surface area contributed by atoms with E-state index in [1.54, 1.807) is 28.9 Å². The standard InChI is InChI=1S/C14H21N5O3/c1-17-5-3-12(16-17)15-13(20)9-19-7-10-11(8-19)22-6-4-14(21)18(10)2/h3,5,10-11H,4,6-9H2,1-2H3,(H,15,16,20)/t10-,11-/m0/s1. The number of hydrogen-bond acceptors (Lipinski definition) is 5. The van der Waals surface area contributed by atoms with Crippen molar-refractivity contribution in [2.45, 2.75) is 18.6 Å². The molecule has 2 fully saturated rings. The predicted octanol–water partition coefficient (Wildman–Crippen LogP) is -0.710. The van der Waals surface area contributed by atoms with E-state index in [2.05, 4.69) is 10.4 Å². The summed E-state index contributed by atoms with van der Waals surface area (Å²) in [4.78, 5) is 27.7. The summed E-state index contributed by atoms with van der Waals surface area (Å²) in [6, 6.07) is 1.78. The van der Waals surface area contributed by atoms with Gasteiger partial charge in [0.2, 0.25) is 11.8 Å². The summed E-state index contributed by atoms with van der Waals surface area (Å²) in [5.74, 6) is 0.542. The van der Waals surface area contributed by atoms with E-state index in [0.717, 1.165) is 0 Å². The van der Waals surface area contributed by atoms with Gasteiger partial charge in [0, 0.05) is 39.4 Å². The van der Waals surface area contributed by atoms with Gasteiger partial charge >= 0.3 is 0 Å². The van der Waals surface area contributed by atoms with Gasteiger partial charge in [0.25, 0.3) is 0 Å². The van der Waals surface area contributed by atoms with Gasteiger partial charge in [-0.05, 0) is 0 Å². The van der Waals surface area contributed by atoms with Crippen LogP contribution in [0.15, 0.2) is 12.3 Å². The minimum absolute atomic E-state index is 0.0147. The van der Waals surface area contributed by atoms with Gasteiger partial charge in [-0.3, -0.25) is 19.2 Å². The zero-order valence-electron chi connectivity index (χ0n) is 12.9. The van der Waals surface area contributed by atoms with Crippen molar-refractivity contribution in [1.29, 1.82) is 0 Å². The number of amides is 2. The Morgan fingerprint density at radius 3 is 3.00 bits per heavy atom. The van der Waals surface area contributed by atoms with E-state index in [1.807, 2.05) is 11.9 Å². The first-order valence-corrected chi connectivity index (χ1v) is 7.42. The van der Waals surface area contributed by atoms with E-state index in [1.165, 1.54) is 0 Å². The van der Waals surface area contributed by atoms with Crippen LogP contribution in [-0.2, 0) is 21.4 Å². The fourth-order valence-corrected chi connectivity index (χ4v) is 3.02. The highest BCUT2D eigenvalue weighted by Crippen LogP contribution is 2.21. The Balaban J connectivity index is 1.56. The molecule has 3 rings (SSSR count). The molecule has 3 heterocycles. The van der Waals surface area contributed by atoms with E-state index >= 15 is 0 Å². The predicted molar refractivity (Wildman–Crippen MR) is 79.2 cm³/mol. The second kappa shape index (κ2) is 6.05. The Hall–Kier alpha value is -1.93. The quantitative estimate of drug-likeness (QED) is 0.798. The van der Waals surface area contributed by atoms with Gasteiger partial charge in [0.1, 0.15) is 0 Å². The van der Waals surface area contributed by atoms with Gasteiger partial charge < -0.3 is 15.0 Å². The molecule has 1 N–H and O–H groups in total. The summed E-state index contributed by atoms with van der Waals surface area (Å²) in [7, 11) is 3.61. The Morgan fingerprint density at radius 2 is 2.27 bits per heavy atom. The molecule has 2 atom stereocenters. The number of fused-ring (bicyclic) bond motifs is 1. The lowest BCUT2D eigenvalue weighted by molar-refractivity contribution is -0.131. The van der Waals surface area contributed by atoms with Gasteiger partial charge in [-0.15, -0.1) is 0 Å². The number of hydrogen-bond donors (Lipinski definition) is 1. The van der Waals surface area contributed by atoms with E-state index in [-0.39, 0.29) is 30.5 Å². The van der Waals surface area contributed by atoms with Crippen molar-refractivity contribution in [3.05, 3.63) is 12.3 Å². The number of carbonyl (C=O) groups excluding carboxylic acids is 2. The second-order valence-corrected chi connectivity index (χ2v) is 5.85. The van der Waals surface area contributed by atoms with Crippen LogP contribution >= 0.6 is 0 Å². The van der Waals surface area contributed by atoms with Crippen molar-refractivity contribution in [3.8, 4) is 0 Å². The van der Waals surface area contributed by atoms with E-state index in [0.29, 0.717) is 31.9 Å². The number of ether oxygens (including phenoxy) is 1. The maximum atomic E-state index is 12.1. The van der Waals surface area contributed by atoms with Gasteiger partial charge in [0.15, 0.2) is 5.82 Å². The number of rotatable bonds is 3. The monoisotopic (exact) mass is 307 g/mol. The topological polar surface area (TPSA) is 79.7 Å². The van der Waals surface area contributed by atoms with Crippen LogP contribution < -0.4 is 5.32 Å². The third kappa shape index (κ3) is 3.12. The SMILES string of the molecule is CN1C(=O)CCO[C@H]2CN(CC(=O)Nc3ccn(C)n3)C[C@@H]21. The molecule has 0 unspecified atom stereocenters. The molecule has 8 nitrogen and oxygen atoms in total. The average molecular weight is 307 g/mol. The summed E-state index contributed by atoms with van der Waals surface area (Å²) in [5.41, 5.74) is 0. The zero-order chi connectivity index (χ0) is 15.7. The first kappa shape index (κ1) is 15.0. The summed E-state index contributed by atoms with van der Waals surface area (Å²) < 4.78 is 7.39. The number of likely N-dealkylation sites (N-methyl/N-ethyl adjacent to an activating group) is 1. The number of nitrogens with zero attached hydrogens (tertiary/aromatic N) is 4. The molecule has 2 aliphatic rings. The smallest absolute Gasteiger partial charge is 0.239 e. The highest BCUT2D eigenvalue weighted by atomic mass is 16.5. The number of nitrogens with one attached hydrogen (secondary N) is 1. The van der Waals surface area contributed by atoms with Crippen LogP contribution in [-0.4, -0.2) is 76.8 Å². The lowest BCUT2D eigenvalue weighted by atomic mass is 10.2. The van der Waals surface area contributed by atoms with Crippen molar-refractivity contribution in [2.24, 2.45) is 7.05 Å². The Morgan fingerprint density at radius 1 is 1.45 bits per heavy atom. The third-order valence-electron chi connectivity index (χ3n) is 4.20. The number of aryl methyl sites for hydroxylation is 1. The molecule has 2 amide bonds. The molecule has 0 aromatic carbocycles. The summed E-state index contributed by atoms with van der Waals surface area (Å²) in [6.07, 6.45) is 2.20. The van der Waals surface area contributed by atoms with Crippen LogP contribution in [0.5, 0.6) is 0 Å². The molecule has 2 saturated heterocycles. The van der Waals surface area contributed by atoms with Crippen molar-refractivity contribution in [2.75, 3.05) is 38.6 Å². The molecule has 1 aromatic heterocycles. The molecular formula is C14H21N5O3. The van der Waals surface area contributed by atoms with Gasteiger partial charge in [-0.1, -0.05) is 0 Å². The Labute approximate surface area is 129 Å². The summed E-state index contributed by atoms with van der Waals surface area (Å²) >= 11 is 0. The number of likely N-dealkylation sites (tertiary alicyclic amines) is 1. The van der Waals surface area contributed by atoms with Gasteiger partial charge in [0.05, 0.1) is 31.7 Å². The van der Waals surface area contributed by atoms with Crippen LogP contribution in [0.2, 0.25) is 0 Å². The number of anilines is 1. The van der Waals surface area contributed by atoms with Crippen molar-refractivity contribution >= 4 is 17.6 Å². The van der Waals surface area contributed by atoms with Crippen molar-refractivity contribution in [1.82, 2.24) is 19.6 Å². The fourth-order valence-electron chi connectivity index (χ4n) is 3.02. The number of aromatic nitrogens is 2. The molecule has 22 heavy (non-hydrogen) atoms. The van der Waals surface area contributed by atoms with Crippen LogP contribution in [0.3, 0.4) is 0 Å². The molecule has 2 aliphatic heterocycles. The van der Waals surface area contributed by atoms with Crippen molar-refractivity contribution in [3.63, 3.8) is 0 Å². The lowest BCUT2D eigenvalue weighted by Gasteiger charge is -2.25. The summed E-state index contributed by atoms with van der Waals surface area (Å²) in [5, 5.41) is 6.89. The maximum absolute atomic E-state index is 12.1. The highest BCUT2D eigenvalue weighted by Gasteiger charge is 2.40. The zero-order valence-corrected chi connectivity index (χ0v) is 12.9. The third-order valence-corrected chi connectivity index (χ3v) is 4.20. The van der Waals surface area contributed by atoms with Crippen LogP contribution in [0.25, 0.3) is 0 Å².